The molecule has 0 aliphatic rings. The normalized spacial score (nSPS) is 13.2. The Bertz CT molecular complexity index is 2930. The molecule has 0 aliphatic carbocycles. The Morgan fingerprint density at radius 3 is 1.18 bits per heavy atom. The second-order valence-electron chi connectivity index (χ2n) is 20.4. The minimum Gasteiger partial charge on any atom is -0.508 e. The fourth-order valence-electron chi connectivity index (χ4n) is 8.58. The Balaban J connectivity index is 1.43. The third kappa shape index (κ3) is 27.3. The standard InChI is InChI=1S/C60H80N12O14S2/c1-87-27-24-45(70-58(83)48(30-37-11-5-3-6-12-37)67-52(77)35-63-50(75)33-65-54(79)43(62)29-39-16-20-41(73)21-17-39)57(82)69-44(15-9-10-26-61)56(81)72-47(32-40-18-22-42(74)23-19-40)55(80)66-34-51(76)64-36-53(78)68-49(31-38-13-7-4-8-14-38)59(84)71-46(60(85)86)25-28-88-2/h3-8,11-14,16-23,43-49,73-74H,9-10,15,24-36,61-62H2,1-2H3,(H,63,75)(H,64,76)(H,65,79)(H,66,80)(H,67,77)(H,68,78)(H,69,82)(H,70,83)(H,71,84)(H,72,81)(H,85,86)/t43-,44-,45-,46-,47-,48-,49-/m0/s1. The first-order chi connectivity index (χ1) is 42.2. The van der Waals surface area contributed by atoms with E-state index >= 15 is 0 Å². The van der Waals surface area contributed by atoms with Crippen molar-refractivity contribution in [1.29, 1.82) is 0 Å². The van der Waals surface area contributed by atoms with Crippen LogP contribution in [0.5, 0.6) is 11.5 Å². The van der Waals surface area contributed by atoms with Gasteiger partial charge in [-0.25, -0.2) is 4.79 Å². The molecule has 0 radical (unpaired) electrons. The topological polar surface area (TPSA) is 421 Å². The lowest BCUT2D eigenvalue weighted by molar-refractivity contribution is -0.142. The van der Waals surface area contributed by atoms with Gasteiger partial charge in [-0.3, -0.25) is 47.9 Å². The number of carbonyl (C=O) groups excluding carboxylic acids is 10. The number of thioether (sulfide) groups is 2. The Labute approximate surface area is 518 Å². The first kappa shape index (κ1) is 71.7. The number of carboxylic acid groups (broad SMARTS) is 1. The molecule has 26 nitrogen and oxygen atoms in total. The van der Waals surface area contributed by atoms with Gasteiger partial charge in [0.1, 0.15) is 47.8 Å². The number of benzene rings is 4. The fraction of sp³-hybridized carbons (Fsp3) is 0.417. The van der Waals surface area contributed by atoms with Crippen molar-refractivity contribution in [1.82, 2.24) is 53.2 Å². The van der Waals surface area contributed by atoms with Crippen molar-refractivity contribution in [3.63, 3.8) is 0 Å². The number of unbranched alkanes of at least 4 members (excludes halogenated alkanes) is 1. The molecule has 7 atom stereocenters. The van der Waals surface area contributed by atoms with Gasteiger partial charge in [-0.2, -0.15) is 23.5 Å². The third-order valence-corrected chi connectivity index (χ3v) is 14.7. The summed E-state index contributed by atoms with van der Waals surface area (Å²) in [6, 6.07) is 20.4. The zero-order chi connectivity index (χ0) is 64.4. The summed E-state index contributed by atoms with van der Waals surface area (Å²) in [7, 11) is 0. The minimum atomic E-state index is -1.40. The van der Waals surface area contributed by atoms with Gasteiger partial charge in [0.05, 0.1) is 32.2 Å². The van der Waals surface area contributed by atoms with Crippen LogP contribution in [0.15, 0.2) is 109 Å². The molecule has 88 heavy (non-hydrogen) atoms. The first-order valence-corrected chi connectivity index (χ1v) is 31.2. The van der Waals surface area contributed by atoms with Gasteiger partial charge >= 0.3 is 5.97 Å². The average molecular weight is 1260 g/mol. The summed E-state index contributed by atoms with van der Waals surface area (Å²) in [5.74, 6) is -8.24. The molecule has 0 saturated heterocycles. The molecular formula is C60H80N12O14S2. The Kier molecular flexibility index (Phi) is 31.9. The molecule has 4 aromatic carbocycles. The van der Waals surface area contributed by atoms with E-state index in [1.807, 2.05) is 0 Å². The number of phenolic OH excluding ortho intramolecular Hbond substituents is 2. The highest BCUT2D eigenvalue weighted by atomic mass is 32.2. The van der Waals surface area contributed by atoms with E-state index in [-0.39, 0.29) is 63.0 Å². The smallest absolute Gasteiger partial charge is 0.326 e. The SMILES string of the molecule is CSCC[C@H](NC(=O)[C@H](Cc1ccccc1)NC(=O)CNC(=O)CNC(=O)[C@H](Cc1ccc(O)cc1)NC(=O)[C@H](CCCCN)NC(=O)[C@H](CCSC)NC(=O)[C@H](Cc1ccccc1)NC(=O)CNC(=O)CNC(=O)[C@@H](N)Cc1ccc(O)cc1)C(=O)O. The van der Waals surface area contributed by atoms with Crippen LogP contribution in [0, 0.1) is 0 Å². The number of rotatable bonds is 39. The molecule has 0 spiro atoms. The monoisotopic (exact) mass is 1260 g/mol. The third-order valence-electron chi connectivity index (χ3n) is 13.4. The predicted octanol–water partition coefficient (Wildman–Crippen LogP) is -1.21. The molecule has 0 bridgehead atoms. The second-order valence-corrected chi connectivity index (χ2v) is 22.4. The molecule has 28 heteroatoms. The molecule has 476 valence electrons. The summed E-state index contributed by atoms with van der Waals surface area (Å²) in [5.41, 5.74) is 14.2. The van der Waals surface area contributed by atoms with Gasteiger partial charge in [-0.15, -0.1) is 0 Å². The molecule has 0 fully saturated rings. The van der Waals surface area contributed by atoms with E-state index < -0.39 is 134 Å². The van der Waals surface area contributed by atoms with Gasteiger partial charge in [-0.05, 0) is 116 Å². The van der Waals surface area contributed by atoms with Crippen LogP contribution < -0.4 is 64.6 Å². The van der Waals surface area contributed by atoms with Crippen LogP contribution in [-0.2, 0) is 78.4 Å². The lowest BCUT2D eigenvalue weighted by atomic mass is 10.0. The highest BCUT2D eigenvalue weighted by Crippen LogP contribution is 2.15. The molecule has 0 aromatic heterocycles. The number of nitrogens with one attached hydrogen (secondary N) is 10. The van der Waals surface area contributed by atoms with Crippen LogP contribution in [0.1, 0.15) is 54.4 Å². The van der Waals surface area contributed by atoms with Crippen molar-refractivity contribution >= 4 is 88.6 Å². The number of phenols is 2. The van der Waals surface area contributed by atoms with Gasteiger partial charge in [0.2, 0.25) is 59.1 Å². The van der Waals surface area contributed by atoms with E-state index in [1.165, 1.54) is 59.9 Å². The van der Waals surface area contributed by atoms with Crippen molar-refractivity contribution in [2.24, 2.45) is 11.5 Å². The molecule has 0 saturated carbocycles. The average Bonchev–Trinajstić information content (AvgIpc) is 3.72. The van der Waals surface area contributed by atoms with Gasteiger partial charge in [0, 0.05) is 19.3 Å². The first-order valence-electron chi connectivity index (χ1n) is 28.4. The molecular weight excluding hydrogens is 1180 g/mol. The fourth-order valence-corrected chi connectivity index (χ4v) is 9.53. The number of hydrogen-bond donors (Lipinski definition) is 15. The molecule has 10 amide bonds. The number of carboxylic acids is 1. The van der Waals surface area contributed by atoms with Gasteiger partial charge in [0.15, 0.2) is 0 Å². The van der Waals surface area contributed by atoms with Crippen LogP contribution >= 0.6 is 23.5 Å². The molecule has 17 N–H and O–H groups in total. The maximum Gasteiger partial charge on any atom is 0.326 e. The summed E-state index contributed by atoms with van der Waals surface area (Å²) in [5, 5.41) is 54.6. The quantitative estimate of drug-likeness (QED) is 0.0233. The summed E-state index contributed by atoms with van der Waals surface area (Å²) in [6.45, 7) is -2.21. The number of nitrogens with two attached hydrogens (primary N) is 2. The van der Waals surface area contributed by atoms with E-state index in [0.29, 0.717) is 46.6 Å². The summed E-state index contributed by atoms with van der Waals surface area (Å²) >= 11 is 2.77. The number of hydrogen-bond acceptors (Lipinski definition) is 17. The molecule has 4 aromatic rings. The minimum absolute atomic E-state index is 0.00427. The van der Waals surface area contributed by atoms with Crippen LogP contribution in [0.4, 0.5) is 0 Å². The zero-order valence-corrected chi connectivity index (χ0v) is 50.7. The summed E-state index contributed by atoms with van der Waals surface area (Å²) in [4.78, 5) is 147. The Morgan fingerprint density at radius 2 is 0.750 bits per heavy atom. The summed E-state index contributed by atoms with van der Waals surface area (Å²) < 4.78 is 0. The van der Waals surface area contributed by atoms with Crippen molar-refractivity contribution in [3.8, 4) is 11.5 Å². The van der Waals surface area contributed by atoms with Crippen LogP contribution in [0.3, 0.4) is 0 Å². The highest BCUT2D eigenvalue weighted by Gasteiger charge is 2.33. The maximum absolute atomic E-state index is 14.4. The second kappa shape index (κ2) is 39.1. The van der Waals surface area contributed by atoms with Crippen molar-refractivity contribution < 1.29 is 68.1 Å². The zero-order valence-electron chi connectivity index (χ0n) is 49.1. The van der Waals surface area contributed by atoms with Crippen LogP contribution in [-0.4, -0.2) is 179 Å². The van der Waals surface area contributed by atoms with Crippen molar-refractivity contribution in [3.05, 3.63) is 131 Å². The number of aliphatic carboxylic acids is 1. The van der Waals surface area contributed by atoms with Crippen molar-refractivity contribution in [2.45, 2.75) is 100 Å². The van der Waals surface area contributed by atoms with Gasteiger partial charge < -0.3 is 80.0 Å². The van der Waals surface area contributed by atoms with Gasteiger partial charge in [0.25, 0.3) is 0 Å². The number of aromatic hydroxyl groups is 2. The molecule has 4 rings (SSSR count). The molecule has 0 unspecified atom stereocenters. The molecule has 0 heterocycles. The van der Waals surface area contributed by atoms with E-state index in [4.69, 9.17) is 11.5 Å². The number of amides is 10. The number of carbonyl (C=O) groups is 11. The van der Waals surface area contributed by atoms with Crippen LogP contribution in [0.2, 0.25) is 0 Å². The van der Waals surface area contributed by atoms with Crippen LogP contribution in [0.25, 0.3) is 0 Å². The van der Waals surface area contributed by atoms with E-state index in [2.05, 4.69) is 53.2 Å². The van der Waals surface area contributed by atoms with Gasteiger partial charge in [-0.1, -0.05) is 84.9 Å². The lowest BCUT2D eigenvalue weighted by Crippen LogP contribution is -2.59. The van der Waals surface area contributed by atoms with Crippen molar-refractivity contribution in [2.75, 3.05) is 56.7 Å². The predicted molar refractivity (Wildman–Crippen MR) is 332 cm³/mol. The van der Waals surface area contributed by atoms with E-state index in [0.717, 1.165) is 0 Å². The Hall–Kier alpha value is -8.73. The largest absolute Gasteiger partial charge is 0.508 e. The van der Waals surface area contributed by atoms with E-state index in [1.54, 1.807) is 85.3 Å². The lowest BCUT2D eigenvalue weighted by Gasteiger charge is -2.27. The summed E-state index contributed by atoms with van der Waals surface area (Å²) in [6.07, 6.45) is 4.47. The highest BCUT2D eigenvalue weighted by molar-refractivity contribution is 7.98. The molecule has 0 aliphatic heterocycles. The maximum atomic E-state index is 14.4. The Morgan fingerprint density at radius 1 is 0.398 bits per heavy atom. The van der Waals surface area contributed by atoms with E-state index in [9.17, 15) is 68.1 Å².